The number of amides is 1. The van der Waals surface area contributed by atoms with E-state index in [2.05, 4.69) is 14.7 Å². The molecule has 0 unspecified atom stereocenters. The van der Waals surface area contributed by atoms with Crippen molar-refractivity contribution in [2.75, 3.05) is 13.1 Å². The summed E-state index contributed by atoms with van der Waals surface area (Å²) in [6.45, 7) is 6.56. The quantitative estimate of drug-likeness (QED) is 0.811. The number of hydrogen-bond acceptors (Lipinski definition) is 5. The molecule has 0 spiro atoms. The smallest absolute Gasteiger partial charge is 0.438 e. The van der Waals surface area contributed by atoms with Crippen LogP contribution in [-0.2, 0) is 4.74 Å². The van der Waals surface area contributed by atoms with Gasteiger partial charge in [-0.25, -0.2) is 9.59 Å². The lowest BCUT2D eigenvalue weighted by Gasteiger charge is -2.24. The molecular formula is C11H17N3O4. The highest BCUT2D eigenvalue weighted by molar-refractivity contribution is 5.68. The average Bonchev–Trinajstić information content (AvgIpc) is 2.82. The molecule has 1 amide bonds. The van der Waals surface area contributed by atoms with E-state index < -0.39 is 11.4 Å². The number of rotatable bonds is 1. The van der Waals surface area contributed by atoms with Gasteiger partial charge in [0.05, 0.1) is 0 Å². The third-order valence-corrected chi connectivity index (χ3v) is 2.68. The second kappa shape index (κ2) is 4.47. The largest absolute Gasteiger partial charge is 0.444 e. The van der Waals surface area contributed by atoms with Crippen LogP contribution in [-0.4, -0.2) is 39.8 Å². The number of carbonyl (C=O) groups is 1. The summed E-state index contributed by atoms with van der Waals surface area (Å²) in [5.74, 6) is -0.0734. The molecule has 100 valence electrons. The Labute approximate surface area is 104 Å². The third kappa shape index (κ3) is 2.91. The Morgan fingerprint density at radius 1 is 1.56 bits per heavy atom. The first-order valence-corrected chi connectivity index (χ1v) is 5.89. The summed E-state index contributed by atoms with van der Waals surface area (Å²) in [4.78, 5) is 26.8. The fourth-order valence-electron chi connectivity index (χ4n) is 1.89. The molecule has 0 aromatic carbocycles. The molecule has 1 saturated heterocycles. The van der Waals surface area contributed by atoms with Crippen LogP contribution in [0.25, 0.3) is 0 Å². The number of nitrogens with zero attached hydrogens (tertiary/aromatic N) is 2. The van der Waals surface area contributed by atoms with Crippen LogP contribution < -0.4 is 5.76 Å². The molecule has 1 aromatic heterocycles. The van der Waals surface area contributed by atoms with E-state index in [0.29, 0.717) is 18.9 Å². The molecule has 0 saturated carbocycles. The van der Waals surface area contributed by atoms with Crippen LogP contribution in [0.5, 0.6) is 0 Å². The fraction of sp³-hybridized carbons (Fsp3) is 0.727. The predicted octanol–water partition coefficient (Wildman–Crippen LogP) is 1.09. The van der Waals surface area contributed by atoms with Gasteiger partial charge >= 0.3 is 11.8 Å². The molecule has 1 aromatic rings. The highest BCUT2D eigenvalue weighted by Crippen LogP contribution is 2.25. The van der Waals surface area contributed by atoms with Crippen molar-refractivity contribution < 1.29 is 14.1 Å². The van der Waals surface area contributed by atoms with Crippen LogP contribution >= 0.6 is 0 Å². The van der Waals surface area contributed by atoms with E-state index in [1.54, 1.807) is 4.90 Å². The van der Waals surface area contributed by atoms with E-state index in [-0.39, 0.29) is 12.0 Å². The number of H-pyrrole nitrogens is 1. The maximum atomic E-state index is 11.8. The molecule has 2 rings (SSSR count). The van der Waals surface area contributed by atoms with Gasteiger partial charge in [-0.3, -0.25) is 9.51 Å². The van der Waals surface area contributed by atoms with Gasteiger partial charge in [0.1, 0.15) is 5.60 Å². The summed E-state index contributed by atoms with van der Waals surface area (Å²) in [7, 11) is 0. The Balaban J connectivity index is 1.96. The maximum Gasteiger partial charge on any atom is 0.438 e. The van der Waals surface area contributed by atoms with Crippen molar-refractivity contribution in [2.24, 2.45) is 0 Å². The van der Waals surface area contributed by atoms with E-state index in [9.17, 15) is 9.59 Å². The lowest BCUT2D eigenvalue weighted by Crippen LogP contribution is -2.35. The first-order chi connectivity index (χ1) is 8.35. The fourth-order valence-corrected chi connectivity index (χ4v) is 1.89. The Kier molecular flexibility index (Phi) is 3.14. The van der Waals surface area contributed by atoms with E-state index >= 15 is 0 Å². The van der Waals surface area contributed by atoms with Gasteiger partial charge in [-0.1, -0.05) is 5.16 Å². The van der Waals surface area contributed by atoms with Gasteiger partial charge in [0, 0.05) is 19.0 Å². The summed E-state index contributed by atoms with van der Waals surface area (Å²) in [5, 5.41) is 3.64. The number of nitrogens with one attached hydrogen (secondary N) is 1. The van der Waals surface area contributed by atoms with Gasteiger partial charge in [0.25, 0.3) is 0 Å². The second-order valence-electron chi connectivity index (χ2n) is 5.39. The summed E-state index contributed by atoms with van der Waals surface area (Å²) in [5.41, 5.74) is -0.503. The molecule has 0 bridgehead atoms. The molecule has 1 atom stereocenters. The highest BCUT2D eigenvalue weighted by Gasteiger charge is 2.32. The van der Waals surface area contributed by atoms with Crippen molar-refractivity contribution in [2.45, 2.75) is 38.7 Å². The number of likely N-dealkylation sites (tertiary alicyclic amines) is 1. The number of aromatic nitrogens is 2. The standard InChI is InChI=1S/C11H17N3O4/c1-11(2,3)17-10(16)14-5-4-7(6-14)8-12-9(15)18-13-8/h7H,4-6H2,1-3H3,(H,12,13,15)/t7-/m0/s1. The number of carbonyl (C=O) groups excluding carboxylic acids is 1. The summed E-state index contributed by atoms with van der Waals surface area (Å²) in [6.07, 6.45) is 0.401. The highest BCUT2D eigenvalue weighted by atomic mass is 16.6. The van der Waals surface area contributed by atoms with Crippen molar-refractivity contribution in [3.63, 3.8) is 0 Å². The van der Waals surface area contributed by atoms with Crippen LogP contribution in [0.15, 0.2) is 9.32 Å². The van der Waals surface area contributed by atoms with Gasteiger partial charge in [-0.15, -0.1) is 0 Å². The van der Waals surface area contributed by atoms with Crippen LogP contribution in [0.1, 0.15) is 38.9 Å². The Morgan fingerprint density at radius 2 is 2.28 bits per heavy atom. The van der Waals surface area contributed by atoms with Crippen molar-refractivity contribution in [3.8, 4) is 0 Å². The number of ether oxygens (including phenoxy) is 1. The van der Waals surface area contributed by atoms with Crippen LogP contribution in [0.2, 0.25) is 0 Å². The van der Waals surface area contributed by atoms with Gasteiger partial charge < -0.3 is 9.64 Å². The normalized spacial score (nSPS) is 20.2. The monoisotopic (exact) mass is 255 g/mol. The number of hydrogen-bond donors (Lipinski definition) is 1. The minimum Gasteiger partial charge on any atom is -0.444 e. The molecule has 1 aliphatic heterocycles. The van der Waals surface area contributed by atoms with Crippen LogP contribution in [0.3, 0.4) is 0 Å². The maximum absolute atomic E-state index is 11.8. The summed E-state index contributed by atoms with van der Waals surface area (Å²) in [6, 6.07) is 0. The summed E-state index contributed by atoms with van der Waals surface area (Å²) >= 11 is 0. The lowest BCUT2D eigenvalue weighted by atomic mass is 10.1. The van der Waals surface area contributed by atoms with E-state index in [4.69, 9.17) is 4.74 Å². The van der Waals surface area contributed by atoms with Gasteiger partial charge in [0.2, 0.25) is 0 Å². The van der Waals surface area contributed by atoms with Crippen molar-refractivity contribution in [3.05, 3.63) is 16.4 Å². The minimum atomic E-state index is -0.569. The second-order valence-corrected chi connectivity index (χ2v) is 5.39. The van der Waals surface area contributed by atoms with E-state index in [1.165, 1.54) is 0 Å². The van der Waals surface area contributed by atoms with E-state index in [0.717, 1.165) is 6.42 Å². The van der Waals surface area contributed by atoms with Crippen molar-refractivity contribution in [1.29, 1.82) is 0 Å². The minimum absolute atomic E-state index is 0.00367. The zero-order chi connectivity index (χ0) is 13.3. The van der Waals surface area contributed by atoms with Crippen molar-refractivity contribution in [1.82, 2.24) is 15.0 Å². The van der Waals surface area contributed by atoms with Crippen LogP contribution in [0.4, 0.5) is 4.79 Å². The molecule has 2 heterocycles. The van der Waals surface area contributed by atoms with E-state index in [1.807, 2.05) is 20.8 Å². The molecule has 18 heavy (non-hydrogen) atoms. The zero-order valence-electron chi connectivity index (χ0n) is 10.7. The molecule has 1 fully saturated rings. The first kappa shape index (κ1) is 12.7. The molecule has 1 N–H and O–H groups in total. The van der Waals surface area contributed by atoms with Crippen molar-refractivity contribution >= 4 is 6.09 Å². The Hall–Kier alpha value is -1.79. The molecule has 7 nitrogen and oxygen atoms in total. The van der Waals surface area contributed by atoms with Gasteiger partial charge in [-0.2, -0.15) is 0 Å². The first-order valence-electron chi connectivity index (χ1n) is 5.89. The van der Waals surface area contributed by atoms with Gasteiger partial charge in [0.15, 0.2) is 5.82 Å². The topological polar surface area (TPSA) is 88.4 Å². The molecular weight excluding hydrogens is 238 g/mol. The predicted molar refractivity (Wildman–Crippen MR) is 62.3 cm³/mol. The SMILES string of the molecule is CC(C)(C)OC(=O)N1CC[C@H](c2noc(=O)[nH]2)C1. The molecule has 1 aliphatic rings. The van der Waals surface area contributed by atoms with Gasteiger partial charge in [-0.05, 0) is 27.2 Å². The summed E-state index contributed by atoms with van der Waals surface area (Å²) < 4.78 is 9.74. The zero-order valence-corrected chi connectivity index (χ0v) is 10.7. The average molecular weight is 255 g/mol. The molecule has 7 heteroatoms. The Morgan fingerprint density at radius 3 is 2.83 bits per heavy atom. The Bertz CT molecular complexity index is 485. The number of aromatic amines is 1. The third-order valence-electron chi connectivity index (χ3n) is 2.68. The molecule has 0 aliphatic carbocycles. The lowest BCUT2D eigenvalue weighted by molar-refractivity contribution is 0.0292. The molecule has 0 radical (unpaired) electrons. The van der Waals surface area contributed by atoms with Crippen LogP contribution in [0, 0.1) is 0 Å².